The Balaban J connectivity index is 1.87. The Hall–Kier alpha value is -1.07. The first kappa shape index (κ1) is 12.4. The molecule has 2 aromatic heterocycles. The first-order valence-corrected chi connectivity index (χ1v) is 7.01. The van der Waals surface area contributed by atoms with Crippen LogP contribution in [0.5, 0.6) is 0 Å². The summed E-state index contributed by atoms with van der Waals surface area (Å²) in [5.41, 5.74) is 7.51. The zero-order valence-electron chi connectivity index (χ0n) is 9.53. The molecule has 0 unspecified atom stereocenters. The van der Waals surface area contributed by atoms with Crippen molar-refractivity contribution in [3.05, 3.63) is 38.6 Å². The summed E-state index contributed by atoms with van der Waals surface area (Å²) in [6.07, 6.45) is 2.70. The predicted molar refractivity (Wildman–Crippen MR) is 77.6 cm³/mol. The van der Waals surface area contributed by atoms with E-state index in [0.29, 0.717) is 0 Å². The Labute approximate surface area is 113 Å². The molecule has 0 amide bonds. The van der Waals surface area contributed by atoms with E-state index in [-0.39, 0.29) is 0 Å². The van der Waals surface area contributed by atoms with Gasteiger partial charge in [-0.2, -0.15) is 0 Å². The first-order valence-electron chi connectivity index (χ1n) is 5.34. The molecule has 2 heterocycles. The van der Waals surface area contributed by atoms with Gasteiger partial charge in [-0.25, -0.2) is 4.98 Å². The molecular weight excluding hydrogens is 298 g/mol. The van der Waals surface area contributed by atoms with Gasteiger partial charge in [0, 0.05) is 21.3 Å². The van der Waals surface area contributed by atoms with Gasteiger partial charge in [-0.3, -0.25) is 0 Å². The Morgan fingerprint density at radius 3 is 2.94 bits per heavy atom. The molecule has 0 fully saturated rings. The number of rotatable bonds is 4. The standard InChI is InChI=1S/C12H14BrN3S/c1-8-4-12(16-6-11(8)14)15-3-2-10-5-9(13)7-17-10/h4-7H,2-3,14H2,1H3,(H,15,16). The first-order chi connectivity index (χ1) is 8.15. The predicted octanol–water partition coefficient (Wildman–Crippen LogP) is 3.45. The van der Waals surface area contributed by atoms with Gasteiger partial charge >= 0.3 is 0 Å². The number of nitrogen functional groups attached to an aromatic ring is 1. The van der Waals surface area contributed by atoms with Crippen LogP contribution in [-0.2, 0) is 6.42 Å². The molecule has 0 aliphatic rings. The van der Waals surface area contributed by atoms with E-state index in [2.05, 4.69) is 37.7 Å². The van der Waals surface area contributed by atoms with Gasteiger partial charge in [0.2, 0.25) is 0 Å². The van der Waals surface area contributed by atoms with E-state index >= 15 is 0 Å². The van der Waals surface area contributed by atoms with Crippen molar-refractivity contribution in [3.8, 4) is 0 Å². The molecule has 0 radical (unpaired) electrons. The molecule has 0 bridgehead atoms. The van der Waals surface area contributed by atoms with E-state index in [1.807, 2.05) is 13.0 Å². The molecule has 0 atom stereocenters. The van der Waals surface area contributed by atoms with E-state index in [9.17, 15) is 0 Å². The second kappa shape index (κ2) is 5.51. The van der Waals surface area contributed by atoms with Gasteiger partial charge in [0.1, 0.15) is 5.82 Å². The average Bonchev–Trinajstić information content (AvgIpc) is 2.70. The molecule has 5 heteroatoms. The van der Waals surface area contributed by atoms with Crippen molar-refractivity contribution in [2.75, 3.05) is 17.6 Å². The number of aromatic nitrogens is 1. The highest BCUT2D eigenvalue weighted by Crippen LogP contribution is 2.20. The molecule has 0 aliphatic heterocycles. The van der Waals surface area contributed by atoms with Gasteiger partial charge in [-0.15, -0.1) is 11.3 Å². The lowest BCUT2D eigenvalue weighted by atomic mass is 10.2. The van der Waals surface area contributed by atoms with Crippen LogP contribution in [0.4, 0.5) is 11.5 Å². The lowest BCUT2D eigenvalue weighted by Crippen LogP contribution is -2.06. The smallest absolute Gasteiger partial charge is 0.126 e. The Morgan fingerprint density at radius 2 is 2.29 bits per heavy atom. The molecule has 2 rings (SSSR count). The number of nitrogens with two attached hydrogens (primary N) is 1. The minimum Gasteiger partial charge on any atom is -0.397 e. The lowest BCUT2D eigenvalue weighted by molar-refractivity contribution is 1.03. The number of nitrogens with one attached hydrogen (secondary N) is 1. The number of halogens is 1. The maximum absolute atomic E-state index is 5.72. The van der Waals surface area contributed by atoms with Gasteiger partial charge in [0.15, 0.2) is 0 Å². The van der Waals surface area contributed by atoms with E-state index in [4.69, 9.17) is 5.73 Å². The third kappa shape index (κ3) is 3.44. The zero-order valence-corrected chi connectivity index (χ0v) is 11.9. The summed E-state index contributed by atoms with van der Waals surface area (Å²) >= 11 is 5.21. The number of anilines is 2. The van der Waals surface area contributed by atoms with Crippen LogP contribution < -0.4 is 11.1 Å². The topological polar surface area (TPSA) is 50.9 Å². The van der Waals surface area contributed by atoms with Crippen LogP contribution in [0.2, 0.25) is 0 Å². The van der Waals surface area contributed by atoms with Crippen molar-refractivity contribution in [1.29, 1.82) is 0 Å². The van der Waals surface area contributed by atoms with Gasteiger partial charge in [0.05, 0.1) is 11.9 Å². The summed E-state index contributed by atoms with van der Waals surface area (Å²) in [4.78, 5) is 5.59. The normalized spacial score (nSPS) is 10.5. The van der Waals surface area contributed by atoms with E-state index < -0.39 is 0 Å². The quantitative estimate of drug-likeness (QED) is 0.909. The molecule has 0 aromatic carbocycles. The minimum atomic E-state index is 0.734. The zero-order chi connectivity index (χ0) is 12.3. The fourth-order valence-electron chi connectivity index (χ4n) is 1.46. The molecule has 0 saturated carbocycles. The number of hydrogen-bond donors (Lipinski definition) is 2. The van der Waals surface area contributed by atoms with E-state index in [1.54, 1.807) is 17.5 Å². The second-order valence-electron chi connectivity index (χ2n) is 3.83. The number of hydrogen-bond acceptors (Lipinski definition) is 4. The number of aryl methyl sites for hydroxylation is 1. The van der Waals surface area contributed by atoms with Crippen LogP contribution in [0.3, 0.4) is 0 Å². The van der Waals surface area contributed by atoms with Crippen LogP contribution in [-0.4, -0.2) is 11.5 Å². The molecule has 2 aromatic rings. The van der Waals surface area contributed by atoms with Crippen LogP contribution >= 0.6 is 27.3 Å². The molecule has 3 N–H and O–H groups in total. The number of thiophene rings is 1. The maximum Gasteiger partial charge on any atom is 0.126 e. The van der Waals surface area contributed by atoms with Crippen molar-refractivity contribution in [2.24, 2.45) is 0 Å². The van der Waals surface area contributed by atoms with Crippen LogP contribution in [0, 0.1) is 6.92 Å². The maximum atomic E-state index is 5.72. The van der Waals surface area contributed by atoms with Crippen molar-refractivity contribution in [2.45, 2.75) is 13.3 Å². The van der Waals surface area contributed by atoms with Gasteiger partial charge < -0.3 is 11.1 Å². The van der Waals surface area contributed by atoms with E-state index in [1.165, 1.54) is 4.88 Å². The lowest BCUT2D eigenvalue weighted by Gasteiger charge is -2.06. The van der Waals surface area contributed by atoms with Crippen LogP contribution in [0.25, 0.3) is 0 Å². The number of nitrogens with zero attached hydrogens (tertiary/aromatic N) is 1. The summed E-state index contributed by atoms with van der Waals surface area (Å²) < 4.78 is 1.15. The molecule has 90 valence electrons. The highest BCUT2D eigenvalue weighted by atomic mass is 79.9. The Morgan fingerprint density at radius 1 is 1.47 bits per heavy atom. The number of pyridine rings is 1. The fourth-order valence-corrected chi connectivity index (χ4v) is 2.92. The molecule has 0 aliphatic carbocycles. The minimum absolute atomic E-state index is 0.734. The summed E-state index contributed by atoms with van der Waals surface area (Å²) in [5.74, 6) is 0.882. The summed E-state index contributed by atoms with van der Waals surface area (Å²) in [7, 11) is 0. The van der Waals surface area contributed by atoms with Crippen LogP contribution in [0.15, 0.2) is 28.2 Å². The Bertz CT molecular complexity index is 510. The summed E-state index contributed by atoms with van der Waals surface area (Å²) in [6, 6.07) is 4.12. The van der Waals surface area contributed by atoms with E-state index in [0.717, 1.165) is 34.5 Å². The largest absolute Gasteiger partial charge is 0.397 e. The van der Waals surface area contributed by atoms with Crippen molar-refractivity contribution >= 4 is 38.8 Å². The highest BCUT2D eigenvalue weighted by Gasteiger charge is 2.00. The Kier molecular flexibility index (Phi) is 4.02. The SMILES string of the molecule is Cc1cc(NCCc2cc(Br)cs2)ncc1N. The summed E-state index contributed by atoms with van der Waals surface area (Å²) in [6.45, 7) is 2.86. The fraction of sp³-hybridized carbons (Fsp3) is 0.250. The average molecular weight is 312 g/mol. The van der Waals surface area contributed by atoms with Gasteiger partial charge in [0.25, 0.3) is 0 Å². The molecule has 0 saturated heterocycles. The van der Waals surface area contributed by atoms with Crippen molar-refractivity contribution in [3.63, 3.8) is 0 Å². The summed E-state index contributed by atoms with van der Waals surface area (Å²) in [5, 5.41) is 5.39. The molecular formula is C12H14BrN3S. The van der Waals surface area contributed by atoms with Gasteiger partial charge in [-0.05, 0) is 47.0 Å². The van der Waals surface area contributed by atoms with Crippen LogP contribution in [0.1, 0.15) is 10.4 Å². The molecule has 0 spiro atoms. The molecule has 17 heavy (non-hydrogen) atoms. The highest BCUT2D eigenvalue weighted by molar-refractivity contribution is 9.10. The van der Waals surface area contributed by atoms with Crippen molar-refractivity contribution < 1.29 is 0 Å². The third-order valence-corrected chi connectivity index (χ3v) is 4.21. The monoisotopic (exact) mass is 311 g/mol. The third-order valence-electron chi connectivity index (χ3n) is 2.45. The second-order valence-corrected chi connectivity index (χ2v) is 5.75. The molecule has 3 nitrogen and oxygen atoms in total. The van der Waals surface area contributed by atoms with Gasteiger partial charge in [-0.1, -0.05) is 0 Å². The van der Waals surface area contributed by atoms with Crippen molar-refractivity contribution in [1.82, 2.24) is 4.98 Å².